The van der Waals surface area contributed by atoms with Gasteiger partial charge in [-0.3, -0.25) is 19.6 Å². The maximum absolute atomic E-state index is 13.7. The van der Waals surface area contributed by atoms with Crippen molar-refractivity contribution in [3.8, 4) is 0 Å². The number of aliphatic hydroxyl groups is 1. The number of methoxy groups -OCH3 is 1. The van der Waals surface area contributed by atoms with Gasteiger partial charge in [-0.05, 0) is 76.0 Å². The second kappa shape index (κ2) is 21.6. The molecule has 1 aliphatic carbocycles. The Hall–Kier alpha value is -3.07. The summed E-state index contributed by atoms with van der Waals surface area (Å²) in [6.07, 6.45) is 19.2. The number of carbonyl (C=O) groups is 2. The first-order valence-electron chi connectivity index (χ1n) is 15.3. The van der Waals surface area contributed by atoms with E-state index >= 15 is 0 Å². The highest BCUT2D eigenvalue weighted by Crippen LogP contribution is 2.25. The van der Waals surface area contributed by atoms with Crippen LogP contribution in [0.3, 0.4) is 0 Å². The molecule has 9 heteroatoms. The molecule has 0 fully saturated rings. The molecule has 244 valence electrons. The molecule has 0 saturated heterocycles. The third-order valence-corrected chi connectivity index (χ3v) is 7.57. The molecule has 0 saturated carbocycles. The highest BCUT2D eigenvalue weighted by molar-refractivity contribution is 6.19. The number of rotatable bonds is 19. The third-order valence-electron chi connectivity index (χ3n) is 7.39. The van der Waals surface area contributed by atoms with Crippen molar-refractivity contribution in [3.05, 3.63) is 71.9 Å². The average Bonchev–Trinajstić information content (AvgIpc) is 3.24. The van der Waals surface area contributed by atoms with Crippen molar-refractivity contribution in [1.29, 1.82) is 0 Å². The number of aliphatic imine (C=N–C) groups is 2. The van der Waals surface area contributed by atoms with Crippen LogP contribution in [0, 0.1) is 5.92 Å². The van der Waals surface area contributed by atoms with Crippen LogP contribution >= 0.6 is 11.6 Å². The molecule has 44 heavy (non-hydrogen) atoms. The van der Waals surface area contributed by atoms with Gasteiger partial charge in [-0.2, -0.15) is 0 Å². The molecule has 1 amide bonds. The van der Waals surface area contributed by atoms with E-state index in [1.165, 1.54) is 0 Å². The van der Waals surface area contributed by atoms with Gasteiger partial charge < -0.3 is 20.3 Å². The topological polar surface area (TPSA) is 121 Å². The fraction of sp³-hybridized carbons (Fsp3) is 0.543. The Morgan fingerprint density at radius 1 is 1.23 bits per heavy atom. The quantitative estimate of drug-likeness (QED) is 0.0373. The lowest BCUT2D eigenvalue weighted by Crippen LogP contribution is -2.49. The molecular formula is C35H52ClN3O5. The van der Waals surface area contributed by atoms with Crippen LogP contribution in [-0.2, 0) is 14.3 Å². The number of aliphatic carboxylic acids is 1. The summed E-state index contributed by atoms with van der Waals surface area (Å²) >= 11 is 5.80. The number of ether oxygens (including phenoxy) is 1. The van der Waals surface area contributed by atoms with Crippen LogP contribution in [0.2, 0.25) is 0 Å². The number of alkyl halides is 1. The molecule has 0 bridgehead atoms. The van der Waals surface area contributed by atoms with Gasteiger partial charge in [0.05, 0.1) is 30.3 Å². The zero-order chi connectivity index (χ0) is 33.1. The number of hydrogen-bond acceptors (Lipinski definition) is 6. The minimum atomic E-state index is -0.824. The highest BCUT2D eigenvalue weighted by atomic mass is 35.5. The normalized spacial score (nSPS) is 19.5. The predicted molar refractivity (Wildman–Crippen MR) is 183 cm³/mol. The molecule has 0 aromatic carbocycles. The molecule has 5 atom stereocenters. The standard InChI is InChI=1S/C35H52ClN3O5/c1-8-27(17-15-21-36)23-37-29(9-2)30(38-26(6)16-13-14-20-32(40)41)22-25(5)35(43)39-33(34(42)24(3)4)28-18-11-10-12-19-31(28)44-7/h8-11,15,17-18,22-24,29-31,33-34,42H,2,12-14,16,19-21H2,1,3-7H3,(H,39,43)(H,40,41)/b17-15-,25-22+,27-8+,37-23?,38-26?. The number of hydrogen-bond donors (Lipinski definition) is 3. The van der Waals surface area contributed by atoms with Crippen LogP contribution in [-0.4, -0.2) is 77.3 Å². The number of nitrogens with one attached hydrogen (secondary N) is 1. The van der Waals surface area contributed by atoms with Gasteiger partial charge in [-0.15, -0.1) is 18.2 Å². The van der Waals surface area contributed by atoms with Gasteiger partial charge in [0.2, 0.25) is 5.91 Å². The Labute approximate surface area is 269 Å². The SMILES string of the molecule is C=CC(N=CC(/C=C\CCl)=C/C)C(/C=C(\C)C(=O)NC(C1=CC=CCCC1OC)C(O)C(C)C)N=C(C)CCCCC(=O)O. The molecule has 8 nitrogen and oxygen atoms in total. The monoisotopic (exact) mass is 629 g/mol. The molecule has 1 rings (SSSR count). The molecule has 0 heterocycles. The number of halogens is 1. The van der Waals surface area contributed by atoms with Crippen LogP contribution in [0.25, 0.3) is 0 Å². The van der Waals surface area contributed by atoms with Gasteiger partial charge in [0, 0.05) is 36.9 Å². The van der Waals surface area contributed by atoms with E-state index in [4.69, 9.17) is 31.4 Å². The lowest BCUT2D eigenvalue weighted by atomic mass is 9.89. The summed E-state index contributed by atoms with van der Waals surface area (Å²) in [5.41, 5.74) is 2.94. The molecule has 0 aliphatic heterocycles. The van der Waals surface area contributed by atoms with E-state index in [0.29, 0.717) is 30.7 Å². The van der Waals surface area contributed by atoms with E-state index in [-0.39, 0.29) is 24.3 Å². The van der Waals surface area contributed by atoms with Gasteiger partial charge >= 0.3 is 5.97 Å². The highest BCUT2D eigenvalue weighted by Gasteiger charge is 2.32. The molecular weight excluding hydrogens is 578 g/mol. The third kappa shape index (κ3) is 14.1. The second-order valence-corrected chi connectivity index (χ2v) is 11.5. The van der Waals surface area contributed by atoms with Crippen molar-refractivity contribution in [2.75, 3.05) is 13.0 Å². The van der Waals surface area contributed by atoms with Crippen molar-refractivity contribution in [2.24, 2.45) is 15.9 Å². The van der Waals surface area contributed by atoms with Crippen molar-refractivity contribution in [1.82, 2.24) is 5.32 Å². The molecule has 0 aromatic heterocycles. The van der Waals surface area contributed by atoms with Gasteiger partial charge in [0.15, 0.2) is 0 Å². The number of amides is 1. The predicted octanol–water partition coefficient (Wildman–Crippen LogP) is 6.57. The van der Waals surface area contributed by atoms with E-state index in [2.05, 4.69) is 18.0 Å². The zero-order valence-corrected chi connectivity index (χ0v) is 28.0. The number of allylic oxidation sites excluding steroid dienone is 7. The van der Waals surface area contributed by atoms with Crippen LogP contribution in [0.15, 0.2) is 81.9 Å². The summed E-state index contributed by atoms with van der Waals surface area (Å²) in [6, 6.07) is -1.66. The zero-order valence-electron chi connectivity index (χ0n) is 27.2. The Balaban J connectivity index is 3.43. The summed E-state index contributed by atoms with van der Waals surface area (Å²) in [6.45, 7) is 13.3. The minimum Gasteiger partial charge on any atom is -0.481 e. The van der Waals surface area contributed by atoms with E-state index in [1.807, 2.05) is 58.1 Å². The molecule has 3 N–H and O–H groups in total. The minimum absolute atomic E-state index is 0.107. The summed E-state index contributed by atoms with van der Waals surface area (Å²) in [5, 5.41) is 23.2. The van der Waals surface area contributed by atoms with Gasteiger partial charge in [0.25, 0.3) is 0 Å². The number of carboxylic acid groups (broad SMARTS) is 1. The average molecular weight is 630 g/mol. The molecule has 0 spiro atoms. The number of carbonyl (C=O) groups excluding carboxylic acids is 1. The summed E-state index contributed by atoms with van der Waals surface area (Å²) in [4.78, 5) is 34.2. The summed E-state index contributed by atoms with van der Waals surface area (Å²) < 4.78 is 5.74. The first-order valence-corrected chi connectivity index (χ1v) is 15.9. The van der Waals surface area contributed by atoms with Crippen molar-refractivity contribution < 1.29 is 24.5 Å². The van der Waals surface area contributed by atoms with Crippen molar-refractivity contribution >= 4 is 35.4 Å². The lowest BCUT2D eigenvalue weighted by Gasteiger charge is -2.32. The largest absolute Gasteiger partial charge is 0.481 e. The van der Waals surface area contributed by atoms with E-state index in [0.717, 1.165) is 29.7 Å². The van der Waals surface area contributed by atoms with E-state index in [1.54, 1.807) is 32.4 Å². The second-order valence-electron chi connectivity index (χ2n) is 11.2. The molecule has 5 unspecified atom stereocenters. The number of aliphatic hydroxyl groups excluding tert-OH is 1. The van der Waals surface area contributed by atoms with Gasteiger partial charge in [0.1, 0.15) is 0 Å². The van der Waals surface area contributed by atoms with Crippen molar-refractivity contribution in [3.63, 3.8) is 0 Å². The van der Waals surface area contributed by atoms with E-state index in [9.17, 15) is 14.7 Å². The Morgan fingerprint density at radius 2 is 1.93 bits per heavy atom. The summed E-state index contributed by atoms with van der Waals surface area (Å²) in [7, 11) is 1.64. The van der Waals surface area contributed by atoms with Gasteiger partial charge in [-0.1, -0.05) is 56.4 Å². The fourth-order valence-corrected chi connectivity index (χ4v) is 4.82. The smallest absolute Gasteiger partial charge is 0.303 e. The molecule has 0 radical (unpaired) electrons. The van der Waals surface area contributed by atoms with Crippen LogP contribution < -0.4 is 5.32 Å². The lowest BCUT2D eigenvalue weighted by molar-refractivity contribution is -0.137. The van der Waals surface area contributed by atoms with E-state index < -0.39 is 30.2 Å². The van der Waals surface area contributed by atoms with Crippen LogP contribution in [0.4, 0.5) is 0 Å². The first-order chi connectivity index (χ1) is 21.0. The molecule has 1 aliphatic rings. The Bertz CT molecular complexity index is 1150. The first kappa shape index (κ1) is 39.0. The maximum atomic E-state index is 13.7. The number of unbranched alkanes of at least 4 members (excludes halogenated alkanes) is 1. The van der Waals surface area contributed by atoms with Gasteiger partial charge in [-0.25, -0.2) is 0 Å². The van der Waals surface area contributed by atoms with Crippen LogP contribution in [0.1, 0.15) is 73.1 Å². The Morgan fingerprint density at radius 3 is 2.52 bits per heavy atom. The molecule has 0 aromatic rings. The van der Waals surface area contributed by atoms with Crippen LogP contribution in [0.5, 0.6) is 0 Å². The maximum Gasteiger partial charge on any atom is 0.303 e. The summed E-state index contributed by atoms with van der Waals surface area (Å²) in [5.74, 6) is -0.876. The Kier molecular flexibility index (Phi) is 19.1. The van der Waals surface area contributed by atoms with Crippen molar-refractivity contribution in [2.45, 2.75) is 103 Å². The number of carboxylic acids is 1. The fourth-order valence-electron chi connectivity index (χ4n) is 4.74. The number of nitrogens with zero attached hydrogens (tertiary/aromatic N) is 2.